The Morgan fingerprint density at radius 3 is 2.85 bits per heavy atom. The van der Waals surface area contributed by atoms with E-state index in [0.29, 0.717) is 24.9 Å². The van der Waals surface area contributed by atoms with Crippen molar-refractivity contribution < 1.29 is 4.79 Å². The van der Waals surface area contributed by atoms with Crippen LogP contribution in [0.5, 0.6) is 0 Å². The average Bonchev–Trinajstić information content (AvgIpc) is 2.98. The lowest BCUT2D eigenvalue weighted by atomic mass is 10.1. The van der Waals surface area contributed by atoms with E-state index in [1.807, 2.05) is 0 Å². The monoisotopic (exact) mass is 362 g/mol. The zero-order chi connectivity index (χ0) is 18.7. The van der Waals surface area contributed by atoms with Crippen molar-refractivity contribution >= 4 is 5.91 Å². The van der Waals surface area contributed by atoms with Crippen LogP contribution in [0.3, 0.4) is 0 Å². The molecule has 1 atom stereocenters. The smallest absolute Gasteiger partial charge is 0.221 e. The lowest BCUT2D eigenvalue weighted by Gasteiger charge is -2.37. The third kappa shape index (κ3) is 5.05. The van der Waals surface area contributed by atoms with Gasteiger partial charge in [-0.25, -0.2) is 0 Å². The number of hydrogen-bond donors (Lipinski definition) is 1. The van der Waals surface area contributed by atoms with E-state index in [0.717, 1.165) is 51.5 Å². The molecule has 0 radical (unpaired) electrons. The second-order valence-electron chi connectivity index (χ2n) is 8.36. The maximum atomic E-state index is 12.4. The number of hydrogen-bond acceptors (Lipinski definition) is 5. The molecule has 0 aromatic carbocycles. The van der Waals surface area contributed by atoms with Gasteiger partial charge in [0.2, 0.25) is 5.91 Å². The molecule has 3 heterocycles. The Kier molecular flexibility index (Phi) is 6.32. The summed E-state index contributed by atoms with van der Waals surface area (Å²) in [6.07, 6.45) is 0.552. The summed E-state index contributed by atoms with van der Waals surface area (Å²) in [5.41, 5.74) is 2.23. The molecule has 1 N–H and O–H groups in total. The molecule has 1 aromatic rings. The molecule has 0 spiro atoms. The van der Waals surface area contributed by atoms with Gasteiger partial charge in [0.25, 0.3) is 0 Å². The molecule has 1 unspecified atom stereocenters. The van der Waals surface area contributed by atoms with Gasteiger partial charge in [-0.15, -0.1) is 0 Å². The summed E-state index contributed by atoms with van der Waals surface area (Å²) in [5.74, 6) is 0.796. The van der Waals surface area contributed by atoms with Crippen LogP contribution in [0.1, 0.15) is 31.7 Å². The van der Waals surface area contributed by atoms with Gasteiger partial charge in [-0.2, -0.15) is 5.10 Å². The van der Waals surface area contributed by atoms with Crippen molar-refractivity contribution in [2.24, 2.45) is 5.92 Å². The molecule has 3 rings (SSSR count). The highest BCUT2D eigenvalue weighted by Crippen LogP contribution is 2.15. The number of nitrogens with one attached hydrogen (secondary N) is 1. The number of rotatable bonds is 6. The number of amides is 1. The third-order valence-corrected chi connectivity index (χ3v) is 5.42. The predicted molar refractivity (Wildman–Crippen MR) is 103 cm³/mol. The van der Waals surface area contributed by atoms with E-state index in [-0.39, 0.29) is 5.91 Å². The number of nitrogens with zero attached hydrogens (tertiary/aromatic N) is 5. The summed E-state index contributed by atoms with van der Waals surface area (Å²) < 4.78 is 2.10. The fraction of sp³-hybridized carbons (Fsp3) is 0.789. The van der Waals surface area contributed by atoms with Crippen LogP contribution in [-0.2, 0) is 24.4 Å². The molecule has 7 heteroatoms. The van der Waals surface area contributed by atoms with Gasteiger partial charge in [-0.05, 0) is 26.1 Å². The average molecular weight is 363 g/mol. The molecule has 146 valence electrons. The summed E-state index contributed by atoms with van der Waals surface area (Å²) >= 11 is 0. The highest BCUT2D eigenvalue weighted by atomic mass is 16.1. The van der Waals surface area contributed by atoms with Crippen LogP contribution in [-0.4, -0.2) is 83.2 Å². The maximum Gasteiger partial charge on any atom is 0.221 e. The Hall–Kier alpha value is -1.44. The van der Waals surface area contributed by atoms with Crippen molar-refractivity contribution in [3.05, 3.63) is 17.5 Å². The zero-order valence-corrected chi connectivity index (χ0v) is 16.7. The second kappa shape index (κ2) is 8.50. The van der Waals surface area contributed by atoms with Crippen molar-refractivity contribution in [2.75, 3.05) is 46.8 Å². The van der Waals surface area contributed by atoms with Crippen molar-refractivity contribution in [1.29, 1.82) is 0 Å². The molecule has 0 aliphatic carbocycles. The molecule has 1 saturated heterocycles. The normalized spacial score (nSPS) is 22.6. The quantitative estimate of drug-likeness (QED) is 0.803. The van der Waals surface area contributed by atoms with Crippen LogP contribution in [0.4, 0.5) is 0 Å². The number of likely N-dealkylation sites (N-methyl/N-ethyl adjacent to an activating group) is 2. The Bertz CT molecular complexity index is 613. The largest absolute Gasteiger partial charge is 0.350 e. The molecule has 1 aromatic heterocycles. The van der Waals surface area contributed by atoms with Gasteiger partial charge in [0.05, 0.1) is 24.5 Å². The van der Waals surface area contributed by atoms with Crippen LogP contribution in [0.2, 0.25) is 0 Å². The van der Waals surface area contributed by atoms with E-state index >= 15 is 0 Å². The van der Waals surface area contributed by atoms with Gasteiger partial charge in [0, 0.05) is 51.7 Å². The van der Waals surface area contributed by atoms with Gasteiger partial charge < -0.3 is 15.1 Å². The Morgan fingerprint density at radius 1 is 1.27 bits per heavy atom. The first-order chi connectivity index (χ1) is 12.4. The lowest BCUT2D eigenvalue weighted by Crippen LogP contribution is -2.51. The second-order valence-corrected chi connectivity index (χ2v) is 8.36. The van der Waals surface area contributed by atoms with E-state index in [4.69, 9.17) is 0 Å². The minimum Gasteiger partial charge on any atom is -0.350 e. The molecule has 7 nitrogen and oxygen atoms in total. The molecule has 0 bridgehead atoms. The number of carbonyl (C=O) groups excluding carboxylic acids is 1. The molecule has 0 saturated carbocycles. The van der Waals surface area contributed by atoms with E-state index in [9.17, 15) is 4.79 Å². The Labute approximate surface area is 157 Å². The van der Waals surface area contributed by atoms with Crippen molar-refractivity contribution in [1.82, 2.24) is 29.8 Å². The summed E-state index contributed by atoms with van der Waals surface area (Å²) in [7, 11) is 4.23. The third-order valence-electron chi connectivity index (χ3n) is 5.42. The first kappa shape index (κ1) is 19.3. The zero-order valence-electron chi connectivity index (χ0n) is 16.7. The molecule has 26 heavy (non-hydrogen) atoms. The minimum absolute atomic E-state index is 0.115. The fourth-order valence-corrected chi connectivity index (χ4v) is 3.94. The van der Waals surface area contributed by atoms with E-state index in [1.54, 1.807) is 0 Å². The number of fused-ring (bicyclic) bond motifs is 1. The van der Waals surface area contributed by atoms with E-state index in [2.05, 4.69) is 63.8 Å². The topological polar surface area (TPSA) is 56.6 Å². The molecular weight excluding hydrogens is 328 g/mol. The van der Waals surface area contributed by atoms with E-state index in [1.165, 1.54) is 5.69 Å². The fourth-order valence-electron chi connectivity index (χ4n) is 3.94. The summed E-state index contributed by atoms with van der Waals surface area (Å²) in [6, 6.07) is 2.45. The SMILES string of the molecule is CC(C)CN1CCn2nc(CNC(=O)CC3CN(C)CCN3C)cc2C1. The number of carbonyl (C=O) groups is 1. The Morgan fingerprint density at radius 2 is 2.08 bits per heavy atom. The van der Waals surface area contributed by atoms with Gasteiger partial charge >= 0.3 is 0 Å². The van der Waals surface area contributed by atoms with Crippen molar-refractivity contribution in [3.8, 4) is 0 Å². The first-order valence-electron chi connectivity index (χ1n) is 9.84. The molecule has 1 amide bonds. The number of aromatic nitrogens is 2. The van der Waals surface area contributed by atoms with E-state index < -0.39 is 0 Å². The van der Waals surface area contributed by atoms with Gasteiger partial charge in [-0.1, -0.05) is 13.8 Å². The highest BCUT2D eigenvalue weighted by Gasteiger charge is 2.24. The first-order valence-corrected chi connectivity index (χ1v) is 9.84. The van der Waals surface area contributed by atoms with Crippen LogP contribution in [0.15, 0.2) is 6.07 Å². The molecule has 1 fully saturated rings. The predicted octanol–water partition coefficient (Wildman–Crippen LogP) is 0.607. The Balaban J connectivity index is 1.48. The summed E-state index contributed by atoms with van der Waals surface area (Å²) in [5, 5.41) is 7.73. The summed E-state index contributed by atoms with van der Waals surface area (Å²) in [4.78, 5) is 19.4. The van der Waals surface area contributed by atoms with Crippen molar-refractivity contribution in [2.45, 2.75) is 45.9 Å². The molecule has 2 aliphatic rings. The molecular formula is C19H34N6O. The van der Waals surface area contributed by atoms with Crippen LogP contribution >= 0.6 is 0 Å². The van der Waals surface area contributed by atoms with Gasteiger partial charge in [0.1, 0.15) is 0 Å². The molecule has 2 aliphatic heterocycles. The van der Waals surface area contributed by atoms with Gasteiger partial charge in [-0.3, -0.25) is 14.4 Å². The van der Waals surface area contributed by atoms with Crippen molar-refractivity contribution in [3.63, 3.8) is 0 Å². The highest BCUT2D eigenvalue weighted by molar-refractivity contribution is 5.76. The maximum absolute atomic E-state index is 12.4. The van der Waals surface area contributed by atoms with Crippen LogP contribution in [0, 0.1) is 5.92 Å². The standard InChI is InChI=1S/C19H34N6O/c1-15(2)12-24-7-8-25-18(14-24)9-16(21-25)11-20-19(26)10-17-13-22(3)5-6-23(17)4/h9,15,17H,5-8,10-14H2,1-4H3,(H,20,26). The minimum atomic E-state index is 0.115. The van der Waals surface area contributed by atoms with Crippen LogP contribution in [0.25, 0.3) is 0 Å². The lowest BCUT2D eigenvalue weighted by molar-refractivity contribution is -0.122. The summed E-state index contributed by atoms with van der Waals surface area (Å²) in [6.45, 7) is 12.2. The number of piperazine rings is 1. The van der Waals surface area contributed by atoms with Crippen LogP contribution < -0.4 is 5.32 Å². The van der Waals surface area contributed by atoms with Gasteiger partial charge in [0.15, 0.2) is 0 Å².